The van der Waals surface area contributed by atoms with Crippen molar-refractivity contribution in [1.82, 2.24) is 4.98 Å². The van der Waals surface area contributed by atoms with Crippen LogP contribution in [0.3, 0.4) is 0 Å². The molecule has 7 heteroatoms. The minimum absolute atomic E-state index is 0.0855. The Morgan fingerprint density at radius 1 is 1.67 bits per heavy atom. The summed E-state index contributed by atoms with van der Waals surface area (Å²) in [5, 5.41) is 11.3. The Balaban J connectivity index is 3.22. The van der Waals surface area contributed by atoms with Crippen LogP contribution in [0.15, 0.2) is 21.8 Å². The number of ether oxygens (including phenoxy) is 1. The maximum atomic E-state index is 11.1. The van der Waals surface area contributed by atoms with Gasteiger partial charge in [0.25, 0.3) is 0 Å². The smallest absolute Gasteiger partial charge is 0.356 e. The fraction of sp³-hybridized carbons (Fsp3) is 0.125. The topological polar surface area (TPSA) is 97.8 Å². The second-order valence-corrected chi connectivity index (χ2v) is 3.36. The number of halogens is 1. The molecule has 0 radical (unpaired) electrons. The lowest BCUT2D eigenvalue weighted by molar-refractivity contribution is 0.0594. The molecule has 6 nitrogen and oxygen atoms in total. The molecule has 0 aliphatic rings. The molecule has 0 fully saturated rings. The van der Waals surface area contributed by atoms with Crippen LogP contribution in [0.5, 0.6) is 0 Å². The number of nitrogens with zero attached hydrogens (tertiary/aromatic N) is 2. The molecule has 80 valence electrons. The molecule has 0 saturated carbocycles. The zero-order chi connectivity index (χ0) is 11.4. The van der Waals surface area contributed by atoms with Crippen molar-refractivity contribution in [1.29, 1.82) is 0 Å². The normalized spacial score (nSPS) is 11.2. The van der Waals surface area contributed by atoms with Crippen LogP contribution in [0, 0.1) is 0 Å². The zero-order valence-electron chi connectivity index (χ0n) is 7.77. The summed E-state index contributed by atoms with van der Waals surface area (Å²) in [5.74, 6) is -0.776. The third kappa shape index (κ3) is 2.44. The summed E-state index contributed by atoms with van der Waals surface area (Å²) in [5.41, 5.74) is 5.63. The van der Waals surface area contributed by atoms with E-state index in [4.69, 9.17) is 10.9 Å². The van der Waals surface area contributed by atoms with Crippen LogP contribution in [-0.4, -0.2) is 29.1 Å². The highest BCUT2D eigenvalue weighted by Gasteiger charge is 2.13. The molecule has 15 heavy (non-hydrogen) atoms. The number of nitrogens with two attached hydrogens (primary N) is 1. The first-order valence-corrected chi connectivity index (χ1v) is 4.62. The fourth-order valence-electron chi connectivity index (χ4n) is 0.887. The lowest BCUT2D eigenvalue weighted by Gasteiger charge is -2.03. The van der Waals surface area contributed by atoms with Crippen LogP contribution in [0.2, 0.25) is 0 Å². The van der Waals surface area contributed by atoms with Gasteiger partial charge >= 0.3 is 5.97 Å². The fourth-order valence-corrected chi connectivity index (χ4v) is 1.31. The largest absolute Gasteiger partial charge is 0.464 e. The van der Waals surface area contributed by atoms with Gasteiger partial charge in [0.15, 0.2) is 5.84 Å². The standard InChI is InChI=1S/C8H8BrN3O3/c1-15-8(13)5-3-2-4(9)6(11-5)7(10)12-14/h2-3,14H,1H3,(H2,10,12). The molecule has 1 aromatic rings. The lowest BCUT2D eigenvalue weighted by atomic mass is 10.3. The number of pyridine rings is 1. The van der Waals surface area contributed by atoms with Gasteiger partial charge in [-0.2, -0.15) is 0 Å². The van der Waals surface area contributed by atoms with Crippen LogP contribution < -0.4 is 5.73 Å². The molecule has 0 aliphatic carbocycles. The summed E-state index contributed by atoms with van der Waals surface area (Å²) >= 11 is 3.16. The Labute approximate surface area is 93.9 Å². The molecular formula is C8H8BrN3O3. The summed E-state index contributed by atoms with van der Waals surface area (Å²) < 4.78 is 5.00. The molecule has 0 aliphatic heterocycles. The van der Waals surface area contributed by atoms with Crippen molar-refractivity contribution < 1.29 is 14.7 Å². The number of carbonyl (C=O) groups excluding carboxylic acids is 1. The predicted octanol–water partition coefficient (Wildman–Crippen LogP) is 0.725. The number of hydrogen-bond donors (Lipinski definition) is 2. The number of aromatic nitrogens is 1. The third-order valence-electron chi connectivity index (χ3n) is 1.59. The van der Waals surface area contributed by atoms with Crippen LogP contribution in [0.4, 0.5) is 0 Å². The number of esters is 1. The molecule has 0 saturated heterocycles. The summed E-state index contributed by atoms with van der Waals surface area (Å²) in [7, 11) is 1.25. The van der Waals surface area contributed by atoms with Crippen molar-refractivity contribution in [3.8, 4) is 0 Å². The Morgan fingerprint density at radius 2 is 2.33 bits per heavy atom. The molecular weight excluding hydrogens is 266 g/mol. The van der Waals surface area contributed by atoms with E-state index < -0.39 is 5.97 Å². The molecule has 1 rings (SSSR count). The van der Waals surface area contributed by atoms with E-state index in [0.29, 0.717) is 4.47 Å². The van der Waals surface area contributed by atoms with Gasteiger partial charge in [0, 0.05) is 4.47 Å². The SMILES string of the molecule is COC(=O)c1ccc(Br)c(C(N)=NO)n1. The molecule has 0 aromatic carbocycles. The summed E-state index contributed by atoms with van der Waals surface area (Å²) in [4.78, 5) is 15.0. The Bertz CT molecular complexity index is 420. The van der Waals surface area contributed by atoms with Crippen LogP contribution in [0.25, 0.3) is 0 Å². The van der Waals surface area contributed by atoms with Gasteiger partial charge in [-0.15, -0.1) is 0 Å². The molecule has 0 bridgehead atoms. The number of rotatable bonds is 2. The summed E-state index contributed by atoms with van der Waals surface area (Å²) in [6, 6.07) is 3.02. The molecule has 0 spiro atoms. The van der Waals surface area contributed by atoms with Crippen molar-refractivity contribution in [3.05, 3.63) is 28.0 Å². The second kappa shape index (κ2) is 4.74. The quantitative estimate of drug-likeness (QED) is 0.272. The number of oxime groups is 1. The number of methoxy groups -OCH3 is 1. The van der Waals surface area contributed by atoms with E-state index in [-0.39, 0.29) is 17.2 Å². The molecule has 0 atom stereocenters. The highest BCUT2D eigenvalue weighted by Crippen LogP contribution is 2.15. The molecule has 0 unspecified atom stereocenters. The second-order valence-electron chi connectivity index (χ2n) is 2.50. The predicted molar refractivity (Wildman–Crippen MR) is 55.8 cm³/mol. The lowest BCUT2D eigenvalue weighted by Crippen LogP contribution is -2.18. The number of carbonyl (C=O) groups is 1. The first-order valence-electron chi connectivity index (χ1n) is 3.83. The van der Waals surface area contributed by atoms with E-state index in [1.807, 2.05) is 0 Å². The van der Waals surface area contributed by atoms with Gasteiger partial charge in [-0.1, -0.05) is 5.16 Å². The number of hydrogen-bond acceptors (Lipinski definition) is 5. The van der Waals surface area contributed by atoms with Crippen molar-refractivity contribution in [2.45, 2.75) is 0 Å². The van der Waals surface area contributed by atoms with Gasteiger partial charge in [-0.05, 0) is 28.1 Å². The van der Waals surface area contributed by atoms with E-state index in [0.717, 1.165) is 0 Å². The van der Waals surface area contributed by atoms with Crippen LogP contribution >= 0.6 is 15.9 Å². The maximum absolute atomic E-state index is 11.1. The molecule has 0 amide bonds. The minimum atomic E-state index is -0.588. The van der Waals surface area contributed by atoms with Crippen LogP contribution in [0.1, 0.15) is 16.2 Å². The van der Waals surface area contributed by atoms with Crippen molar-refractivity contribution in [2.75, 3.05) is 7.11 Å². The highest BCUT2D eigenvalue weighted by molar-refractivity contribution is 9.10. The monoisotopic (exact) mass is 273 g/mol. The Morgan fingerprint density at radius 3 is 2.87 bits per heavy atom. The van der Waals surface area contributed by atoms with Crippen molar-refractivity contribution >= 4 is 27.7 Å². The molecule has 1 heterocycles. The minimum Gasteiger partial charge on any atom is -0.464 e. The van der Waals surface area contributed by atoms with Gasteiger partial charge in [-0.3, -0.25) is 0 Å². The first kappa shape index (κ1) is 11.4. The Kier molecular flexibility index (Phi) is 3.62. The third-order valence-corrected chi connectivity index (χ3v) is 2.23. The average Bonchev–Trinajstić information content (AvgIpc) is 2.27. The molecule has 1 aromatic heterocycles. The van der Waals surface area contributed by atoms with E-state index in [2.05, 4.69) is 30.8 Å². The van der Waals surface area contributed by atoms with Gasteiger partial charge in [0.1, 0.15) is 11.4 Å². The van der Waals surface area contributed by atoms with E-state index in [9.17, 15) is 4.79 Å². The summed E-state index contributed by atoms with van der Waals surface area (Å²) in [6.45, 7) is 0. The van der Waals surface area contributed by atoms with Crippen LogP contribution in [-0.2, 0) is 4.74 Å². The van der Waals surface area contributed by atoms with E-state index in [1.54, 1.807) is 6.07 Å². The maximum Gasteiger partial charge on any atom is 0.356 e. The molecule has 3 N–H and O–H groups in total. The van der Waals surface area contributed by atoms with E-state index in [1.165, 1.54) is 13.2 Å². The Hall–Kier alpha value is -1.63. The zero-order valence-corrected chi connectivity index (χ0v) is 9.35. The number of amidine groups is 1. The van der Waals surface area contributed by atoms with E-state index >= 15 is 0 Å². The van der Waals surface area contributed by atoms with Crippen molar-refractivity contribution in [2.24, 2.45) is 10.9 Å². The van der Waals surface area contributed by atoms with Gasteiger partial charge < -0.3 is 15.7 Å². The first-order chi connectivity index (χ1) is 7.10. The van der Waals surface area contributed by atoms with Gasteiger partial charge in [0.2, 0.25) is 0 Å². The van der Waals surface area contributed by atoms with Gasteiger partial charge in [-0.25, -0.2) is 9.78 Å². The van der Waals surface area contributed by atoms with Crippen molar-refractivity contribution in [3.63, 3.8) is 0 Å². The highest BCUT2D eigenvalue weighted by atomic mass is 79.9. The van der Waals surface area contributed by atoms with Gasteiger partial charge in [0.05, 0.1) is 7.11 Å². The summed E-state index contributed by atoms with van der Waals surface area (Å²) in [6.07, 6.45) is 0. The average molecular weight is 274 g/mol.